The number of ether oxygens (including phenoxy) is 1. The van der Waals surface area contributed by atoms with Crippen molar-refractivity contribution in [1.29, 1.82) is 0 Å². The average Bonchev–Trinajstić information content (AvgIpc) is 2.76. The Morgan fingerprint density at radius 1 is 1.26 bits per heavy atom. The fraction of sp³-hybridized carbons (Fsp3) is 0.286. The monoisotopic (exact) mass is 260 g/mol. The van der Waals surface area contributed by atoms with E-state index in [1.165, 1.54) is 5.56 Å². The molecule has 0 fully saturated rings. The van der Waals surface area contributed by atoms with Gasteiger partial charge in [0.2, 0.25) is 5.88 Å². The van der Waals surface area contributed by atoms with Gasteiger partial charge in [0, 0.05) is 6.07 Å². The minimum Gasteiger partial charge on any atom is -0.484 e. The zero-order valence-corrected chi connectivity index (χ0v) is 11.2. The van der Waals surface area contributed by atoms with Gasteiger partial charge in [-0.05, 0) is 44.0 Å². The van der Waals surface area contributed by atoms with Crippen molar-refractivity contribution in [3.05, 3.63) is 41.1 Å². The summed E-state index contributed by atoms with van der Waals surface area (Å²) in [5.74, 6) is 0.715. The highest BCUT2D eigenvalue weighted by atomic mass is 16.5. The summed E-state index contributed by atoms with van der Waals surface area (Å²) in [5, 5.41) is 6.24. The van der Waals surface area contributed by atoms with Crippen molar-refractivity contribution in [2.24, 2.45) is 0 Å². The van der Waals surface area contributed by atoms with E-state index in [1.807, 2.05) is 32.0 Å². The smallest absolute Gasteiger partial charge is 0.264 e. The summed E-state index contributed by atoms with van der Waals surface area (Å²) in [5.41, 5.74) is 3.03. The fourth-order valence-electron chi connectivity index (χ4n) is 1.55. The minimum atomic E-state index is -0.283. The molecule has 1 amide bonds. The Morgan fingerprint density at radius 3 is 2.68 bits per heavy atom. The Balaban J connectivity index is 1.88. The lowest BCUT2D eigenvalue weighted by Gasteiger charge is -2.07. The van der Waals surface area contributed by atoms with Crippen LogP contribution in [0.25, 0.3) is 0 Å². The predicted octanol–water partition coefficient (Wildman–Crippen LogP) is 2.62. The summed E-state index contributed by atoms with van der Waals surface area (Å²) in [4.78, 5) is 11.6. The van der Waals surface area contributed by atoms with Crippen LogP contribution in [0.2, 0.25) is 0 Å². The fourth-order valence-corrected chi connectivity index (χ4v) is 1.55. The van der Waals surface area contributed by atoms with Crippen molar-refractivity contribution in [2.45, 2.75) is 20.8 Å². The molecule has 5 heteroatoms. The molecule has 100 valence electrons. The number of nitrogens with zero attached hydrogens (tertiary/aromatic N) is 1. The first kappa shape index (κ1) is 13.1. The average molecular weight is 260 g/mol. The quantitative estimate of drug-likeness (QED) is 0.917. The molecule has 19 heavy (non-hydrogen) atoms. The van der Waals surface area contributed by atoms with Gasteiger partial charge in [-0.1, -0.05) is 11.2 Å². The zero-order chi connectivity index (χ0) is 13.8. The zero-order valence-electron chi connectivity index (χ0n) is 11.2. The number of carbonyl (C=O) groups excluding carboxylic acids is 1. The van der Waals surface area contributed by atoms with Crippen molar-refractivity contribution in [1.82, 2.24) is 5.16 Å². The predicted molar refractivity (Wildman–Crippen MR) is 71.3 cm³/mol. The molecule has 0 spiro atoms. The molecule has 2 rings (SSSR count). The van der Waals surface area contributed by atoms with Gasteiger partial charge in [-0.2, -0.15) is 0 Å². The molecule has 0 aliphatic heterocycles. The molecule has 1 aromatic heterocycles. The Labute approximate surface area is 111 Å². The Hall–Kier alpha value is -2.30. The van der Waals surface area contributed by atoms with Crippen molar-refractivity contribution < 1.29 is 14.1 Å². The largest absolute Gasteiger partial charge is 0.484 e. The summed E-state index contributed by atoms with van der Waals surface area (Å²) in [6, 6.07) is 7.35. The van der Waals surface area contributed by atoms with Gasteiger partial charge in [-0.3, -0.25) is 10.1 Å². The van der Waals surface area contributed by atoms with Crippen LogP contribution in [0.15, 0.2) is 28.8 Å². The number of aromatic nitrogens is 1. The first-order chi connectivity index (χ1) is 9.04. The molecule has 0 saturated heterocycles. The van der Waals surface area contributed by atoms with Crippen LogP contribution < -0.4 is 10.1 Å². The maximum atomic E-state index is 11.6. The molecule has 1 heterocycles. The molecule has 0 atom stereocenters. The highest BCUT2D eigenvalue weighted by Crippen LogP contribution is 2.16. The van der Waals surface area contributed by atoms with Crippen LogP contribution in [-0.4, -0.2) is 17.7 Å². The lowest BCUT2D eigenvalue weighted by Crippen LogP contribution is -2.19. The molecule has 0 saturated carbocycles. The molecule has 5 nitrogen and oxygen atoms in total. The van der Waals surface area contributed by atoms with Gasteiger partial charge >= 0.3 is 0 Å². The number of amides is 1. The second-order valence-corrected chi connectivity index (χ2v) is 4.42. The second-order valence-electron chi connectivity index (χ2n) is 4.42. The SMILES string of the molecule is Cc1cc(NC(=O)COc2ccc(C)c(C)c2)on1. The highest BCUT2D eigenvalue weighted by Gasteiger charge is 2.07. The van der Waals surface area contributed by atoms with E-state index in [0.29, 0.717) is 17.3 Å². The van der Waals surface area contributed by atoms with Gasteiger partial charge in [0.25, 0.3) is 5.91 Å². The van der Waals surface area contributed by atoms with Crippen molar-refractivity contribution in [2.75, 3.05) is 11.9 Å². The number of nitrogens with one attached hydrogen (secondary N) is 1. The van der Waals surface area contributed by atoms with Crippen molar-refractivity contribution in [3.63, 3.8) is 0 Å². The Kier molecular flexibility index (Phi) is 3.85. The van der Waals surface area contributed by atoms with Gasteiger partial charge < -0.3 is 9.26 Å². The molecule has 1 aromatic carbocycles. The summed E-state index contributed by atoms with van der Waals surface area (Å²) in [7, 11) is 0. The molecule has 0 radical (unpaired) electrons. The maximum Gasteiger partial charge on any atom is 0.264 e. The van der Waals surface area contributed by atoms with E-state index < -0.39 is 0 Å². The number of carbonyl (C=O) groups is 1. The summed E-state index contributed by atoms with van der Waals surface area (Å²) >= 11 is 0. The van der Waals surface area contributed by atoms with E-state index in [4.69, 9.17) is 9.26 Å². The maximum absolute atomic E-state index is 11.6. The highest BCUT2D eigenvalue weighted by molar-refractivity contribution is 5.90. The molecule has 0 aliphatic rings. The van der Waals surface area contributed by atoms with E-state index in [2.05, 4.69) is 10.5 Å². The van der Waals surface area contributed by atoms with Crippen LogP contribution >= 0.6 is 0 Å². The van der Waals surface area contributed by atoms with Crippen LogP contribution in [0.3, 0.4) is 0 Å². The lowest BCUT2D eigenvalue weighted by atomic mass is 10.1. The van der Waals surface area contributed by atoms with Gasteiger partial charge in [0.15, 0.2) is 6.61 Å². The summed E-state index contributed by atoms with van der Waals surface area (Å²) in [6.45, 7) is 5.74. The van der Waals surface area contributed by atoms with E-state index in [-0.39, 0.29) is 12.5 Å². The topological polar surface area (TPSA) is 64.4 Å². The third kappa shape index (κ3) is 3.58. The first-order valence-electron chi connectivity index (χ1n) is 5.98. The standard InChI is InChI=1S/C14H16N2O3/c1-9-4-5-12(6-10(9)2)18-8-13(17)15-14-7-11(3)16-19-14/h4-7H,8H2,1-3H3,(H,15,17). The van der Waals surface area contributed by atoms with E-state index in [1.54, 1.807) is 13.0 Å². The van der Waals surface area contributed by atoms with Gasteiger partial charge in [-0.25, -0.2) is 0 Å². The van der Waals surface area contributed by atoms with Crippen LogP contribution in [0.1, 0.15) is 16.8 Å². The van der Waals surface area contributed by atoms with Gasteiger partial charge in [0.1, 0.15) is 5.75 Å². The Bertz CT molecular complexity index is 590. The third-order valence-electron chi connectivity index (χ3n) is 2.74. The number of anilines is 1. The van der Waals surface area contributed by atoms with E-state index in [0.717, 1.165) is 5.56 Å². The van der Waals surface area contributed by atoms with E-state index >= 15 is 0 Å². The Morgan fingerprint density at radius 2 is 2.05 bits per heavy atom. The number of benzene rings is 1. The summed E-state index contributed by atoms with van der Waals surface area (Å²) in [6.07, 6.45) is 0. The molecule has 0 unspecified atom stereocenters. The normalized spacial score (nSPS) is 10.3. The summed E-state index contributed by atoms with van der Waals surface area (Å²) < 4.78 is 10.3. The van der Waals surface area contributed by atoms with E-state index in [9.17, 15) is 4.79 Å². The molecule has 2 aromatic rings. The molecule has 0 aliphatic carbocycles. The van der Waals surface area contributed by atoms with Crippen LogP contribution in [-0.2, 0) is 4.79 Å². The van der Waals surface area contributed by atoms with Gasteiger partial charge in [0.05, 0.1) is 5.69 Å². The number of hydrogen-bond acceptors (Lipinski definition) is 4. The van der Waals surface area contributed by atoms with Crippen LogP contribution in [0.5, 0.6) is 5.75 Å². The van der Waals surface area contributed by atoms with Crippen LogP contribution in [0.4, 0.5) is 5.88 Å². The molecule has 1 N–H and O–H groups in total. The van der Waals surface area contributed by atoms with Crippen molar-refractivity contribution in [3.8, 4) is 5.75 Å². The van der Waals surface area contributed by atoms with Crippen LogP contribution in [0, 0.1) is 20.8 Å². The number of hydrogen-bond donors (Lipinski definition) is 1. The minimum absolute atomic E-state index is 0.0672. The van der Waals surface area contributed by atoms with Crippen molar-refractivity contribution >= 4 is 11.8 Å². The molecule has 0 bridgehead atoms. The third-order valence-corrected chi connectivity index (χ3v) is 2.74. The number of aryl methyl sites for hydroxylation is 3. The molecular formula is C14H16N2O3. The molecular weight excluding hydrogens is 244 g/mol. The first-order valence-corrected chi connectivity index (χ1v) is 5.98. The van der Waals surface area contributed by atoms with Gasteiger partial charge in [-0.15, -0.1) is 0 Å². The second kappa shape index (κ2) is 5.56. The number of rotatable bonds is 4. The lowest BCUT2D eigenvalue weighted by molar-refractivity contribution is -0.118.